The van der Waals surface area contributed by atoms with Crippen LogP contribution >= 0.6 is 23.2 Å². The molecule has 1 aliphatic rings. The van der Waals surface area contributed by atoms with E-state index in [2.05, 4.69) is 10.4 Å². The molecule has 0 saturated carbocycles. The standard InChI is InChI=1S/C15H14Cl2N4O3/c1-20-13(4-5-19-20)21-8-10(24-15(21)23)7-18-14(22)9-2-3-11(16)12(17)6-9/h2-6,10H,7-8H2,1H3,(H,18,22). The van der Waals surface area contributed by atoms with E-state index in [1.807, 2.05) is 0 Å². The molecular formula is C15H14Cl2N4O3. The molecule has 126 valence electrons. The third-order valence-electron chi connectivity index (χ3n) is 3.62. The maximum Gasteiger partial charge on any atom is 0.416 e. The first-order chi connectivity index (χ1) is 11.5. The van der Waals surface area contributed by atoms with Crippen LogP contribution in [-0.4, -0.2) is 41.0 Å². The van der Waals surface area contributed by atoms with Crippen LogP contribution in [0.4, 0.5) is 10.6 Å². The van der Waals surface area contributed by atoms with Crippen LogP contribution in [0, 0.1) is 0 Å². The van der Waals surface area contributed by atoms with Crippen molar-refractivity contribution in [2.75, 3.05) is 18.0 Å². The molecular weight excluding hydrogens is 355 g/mol. The second kappa shape index (κ2) is 6.70. The van der Waals surface area contributed by atoms with Crippen molar-refractivity contribution in [3.05, 3.63) is 46.1 Å². The molecule has 1 N–H and O–H groups in total. The van der Waals surface area contributed by atoms with Crippen molar-refractivity contribution in [3.8, 4) is 0 Å². The summed E-state index contributed by atoms with van der Waals surface area (Å²) in [6.45, 7) is 0.527. The lowest BCUT2D eigenvalue weighted by atomic mass is 10.2. The number of nitrogens with zero attached hydrogens (tertiary/aromatic N) is 3. The van der Waals surface area contributed by atoms with Gasteiger partial charge in [-0.15, -0.1) is 0 Å². The number of amides is 2. The maximum absolute atomic E-state index is 12.1. The topological polar surface area (TPSA) is 76.5 Å². The Morgan fingerprint density at radius 2 is 2.17 bits per heavy atom. The van der Waals surface area contributed by atoms with Crippen LogP contribution in [0.15, 0.2) is 30.5 Å². The summed E-state index contributed by atoms with van der Waals surface area (Å²) in [6, 6.07) is 6.34. The second-order valence-corrected chi connectivity index (χ2v) is 6.08. The molecule has 1 aromatic heterocycles. The molecule has 1 fully saturated rings. The molecule has 2 heterocycles. The van der Waals surface area contributed by atoms with Crippen LogP contribution in [0.1, 0.15) is 10.4 Å². The highest BCUT2D eigenvalue weighted by molar-refractivity contribution is 6.42. The minimum atomic E-state index is -0.465. The quantitative estimate of drug-likeness (QED) is 0.899. The lowest BCUT2D eigenvalue weighted by Gasteiger charge is -2.12. The molecule has 1 atom stereocenters. The van der Waals surface area contributed by atoms with Gasteiger partial charge >= 0.3 is 6.09 Å². The summed E-state index contributed by atoms with van der Waals surface area (Å²) >= 11 is 11.7. The van der Waals surface area contributed by atoms with Gasteiger partial charge in [-0.25, -0.2) is 4.79 Å². The van der Waals surface area contributed by atoms with Crippen molar-refractivity contribution in [3.63, 3.8) is 0 Å². The number of anilines is 1. The second-order valence-electron chi connectivity index (χ2n) is 5.27. The number of hydrogen-bond donors (Lipinski definition) is 1. The molecule has 2 amide bonds. The van der Waals surface area contributed by atoms with Gasteiger partial charge in [0, 0.05) is 18.7 Å². The number of halogens is 2. The van der Waals surface area contributed by atoms with Gasteiger partial charge in [-0.3, -0.25) is 14.4 Å². The van der Waals surface area contributed by atoms with Crippen LogP contribution < -0.4 is 10.2 Å². The van der Waals surface area contributed by atoms with Crippen molar-refractivity contribution in [2.24, 2.45) is 7.05 Å². The Morgan fingerprint density at radius 1 is 1.38 bits per heavy atom. The van der Waals surface area contributed by atoms with Crippen molar-refractivity contribution in [1.82, 2.24) is 15.1 Å². The summed E-state index contributed by atoms with van der Waals surface area (Å²) in [5.41, 5.74) is 0.386. The Balaban J connectivity index is 1.59. The predicted molar refractivity (Wildman–Crippen MR) is 89.6 cm³/mol. The Hall–Kier alpha value is -2.25. The van der Waals surface area contributed by atoms with E-state index in [1.54, 1.807) is 36.1 Å². The molecule has 1 aliphatic heterocycles. The smallest absolute Gasteiger partial charge is 0.416 e. The summed E-state index contributed by atoms with van der Waals surface area (Å²) in [6.07, 6.45) is 0.689. The van der Waals surface area contributed by atoms with Gasteiger partial charge in [0.25, 0.3) is 5.91 Å². The highest BCUT2D eigenvalue weighted by Crippen LogP contribution is 2.23. The SMILES string of the molecule is Cn1nccc1N1CC(CNC(=O)c2ccc(Cl)c(Cl)c2)OC1=O. The predicted octanol–water partition coefficient (Wildman–Crippen LogP) is 2.48. The van der Waals surface area contributed by atoms with E-state index < -0.39 is 12.2 Å². The van der Waals surface area contributed by atoms with Crippen molar-refractivity contribution in [1.29, 1.82) is 0 Å². The molecule has 7 nitrogen and oxygen atoms in total. The third kappa shape index (κ3) is 3.32. The van der Waals surface area contributed by atoms with Crippen molar-refractivity contribution in [2.45, 2.75) is 6.10 Å². The molecule has 0 bridgehead atoms. The van der Waals surface area contributed by atoms with Crippen molar-refractivity contribution >= 4 is 41.0 Å². The van der Waals surface area contributed by atoms with Crippen molar-refractivity contribution < 1.29 is 14.3 Å². The van der Waals surface area contributed by atoms with E-state index >= 15 is 0 Å². The fraction of sp³-hybridized carbons (Fsp3) is 0.267. The normalized spacial score (nSPS) is 17.0. The number of cyclic esters (lactones) is 1. The zero-order chi connectivity index (χ0) is 17.3. The summed E-state index contributed by atoms with van der Waals surface area (Å²) in [5, 5.41) is 7.43. The van der Waals surface area contributed by atoms with E-state index in [1.165, 1.54) is 11.0 Å². The lowest BCUT2D eigenvalue weighted by molar-refractivity contribution is 0.0916. The fourth-order valence-corrected chi connectivity index (χ4v) is 2.69. The molecule has 3 rings (SSSR count). The van der Waals surface area contributed by atoms with Gasteiger partial charge in [-0.05, 0) is 18.2 Å². The number of benzene rings is 1. The van der Waals surface area contributed by atoms with Gasteiger partial charge in [0.2, 0.25) is 0 Å². The Kier molecular flexibility index (Phi) is 4.64. The van der Waals surface area contributed by atoms with E-state index in [0.29, 0.717) is 28.0 Å². The number of aryl methyl sites for hydroxylation is 1. The van der Waals surface area contributed by atoms with Gasteiger partial charge in [0.05, 0.1) is 29.3 Å². The van der Waals surface area contributed by atoms with Crippen LogP contribution in [-0.2, 0) is 11.8 Å². The largest absolute Gasteiger partial charge is 0.442 e. The molecule has 1 unspecified atom stereocenters. The summed E-state index contributed by atoms with van der Waals surface area (Å²) in [4.78, 5) is 25.6. The molecule has 9 heteroatoms. The molecule has 1 saturated heterocycles. The number of aromatic nitrogens is 2. The van der Waals surface area contributed by atoms with Crippen LogP contribution in [0.3, 0.4) is 0 Å². The Labute approximate surface area is 148 Å². The van der Waals surface area contributed by atoms with Gasteiger partial charge in [-0.2, -0.15) is 5.10 Å². The van der Waals surface area contributed by atoms with E-state index in [9.17, 15) is 9.59 Å². The van der Waals surface area contributed by atoms with Gasteiger partial charge in [-0.1, -0.05) is 23.2 Å². The Morgan fingerprint density at radius 3 is 2.83 bits per heavy atom. The molecule has 2 aromatic rings. The van der Waals surface area contributed by atoms with Gasteiger partial charge < -0.3 is 10.1 Å². The number of carbonyl (C=O) groups excluding carboxylic acids is 2. The molecule has 0 aliphatic carbocycles. The highest BCUT2D eigenvalue weighted by atomic mass is 35.5. The lowest BCUT2D eigenvalue weighted by Crippen LogP contribution is -2.34. The molecule has 0 radical (unpaired) electrons. The summed E-state index contributed by atoms with van der Waals surface area (Å²) in [5.74, 6) is 0.321. The Bertz CT molecular complexity index is 793. The average Bonchev–Trinajstić information content (AvgIpc) is 3.13. The first-order valence-corrected chi connectivity index (χ1v) is 7.90. The monoisotopic (exact) mass is 368 g/mol. The third-order valence-corrected chi connectivity index (χ3v) is 4.36. The number of hydrogen-bond acceptors (Lipinski definition) is 4. The first-order valence-electron chi connectivity index (χ1n) is 7.15. The average molecular weight is 369 g/mol. The van der Waals surface area contributed by atoms with E-state index in [4.69, 9.17) is 27.9 Å². The van der Waals surface area contributed by atoms with E-state index in [0.717, 1.165) is 0 Å². The van der Waals surface area contributed by atoms with Crippen LogP contribution in [0.25, 0.3) is 0 Å². The van der Waals surface area contributed by atoms with E-state index in [-0.39, 0.29) is 12.5 Å². The molecule has 0 spiro atoms. The van der Waals surface area contributed by atoms with Crippen LogP contribution in [0.5, 0.6) is 0 Å². The number of nitrogens with one attached hydrogen (secondary N) is 1. The number of rotatable bonds is 4. The minimum Gasteiger partial charge on any atom is -0.442 e. The zero-order valence-corrected chi connectivity index (χ0v) is 14.2. The zero-order valence-electron chi connectivity index (χ0n) is 12.7. The molecule has 24 heavy (non-hydrogen) atoms. The minimum absolute atomic E-state index is 0.194. The first kappa shape index (κ1) is 16.6. The van der Waals surface area contributed by atoms with Gasteiger partial charge in [0.15, 0.2) is 0 Å². The van der Waals surface area contributed by atoms with Crippen LogP contribution in [0.2, 0.25) is 10.0 Å². The highest BCUT2D eigenvalue weighted by Gasteiger charge is 2.33. The summed E-state index contributed by atoms with van der Waals surface area (Å²) in [7, 11) is 1.74. The summed E-state index contributed by atoms with van der Waals surface area (Å²) < 4.78 is 6.85. The molecule has 1 aromatic carbocycles. The fourth-order valence-electron chi connectivity index (χ4n) is 2.39. The number of ether oxygens (including phenoxy) is 1. The maximum atomic E-state index is 12.1. The van der Waals surface area contributed by atoms with Gasteiger partial charge in [0.1, 0.15) is 11.9 Å². The number of carbonyl (C=O) groups is 2.